The van der Waals surface area contributed by atoms with Gasteiger partial charge in [0, 0.05) is 6.20 Å². The van der Waals surface area contributed by atoms with Crippen molar-refractivity contribution in [1.29, 1.82) is 0 Å². The van der Waals surface area contributed by atoms with Gasteiger partial charge in [0.2, 0.25) is 0 Å². The monoisotopic (exact) mass is 315 g/mol. The SMILES string of the molecule is C=C(S/C(F)=C\CC)S(=O)NC(=O)Nc1cccnc1. The Balaban J connectivity index is 2.47. The maximum atomic E-state index is 13.2. The number of allylic oxidation sites excluding steroid dienone is 1. The molecule has 20 heavy (non-hydrogen) atoms. The van der Waals surface area contributed by atoms with Crippen molar-refractivity contribution < 1.29 is 13.4 Å². The van der Waals surface area contributed by atoms with Gasteiger partial charge in [-0.3, -0.25) is 9.71 Å². The van der Waals surface area contributed by atoms with Gasteiger partial charge in [-0.05, 0) is 36.4 Å². The molecule has 0 aliphatic heterocycles. The van der Waals surface area contributed by atoms with Crippen LogP contribution in [0.25, 0.3) is 0 Å². The van der Waals surface area contributed by atoms with E-state index in [1.54, 1.807) is 25.3 Å². The molecule has 1 aromatic heterocycles. The molecule has 0 aliphatic carbocycles. The Hall–Kier alpha value is -1.67. The van der Waals surface area contributed by atoms with Gasteiger partial charge in [0.15, 0.2) is 16.1 Å². The smallest absolute Gasteiger partial charge is 0.306 e. The molecule has 0 aromatic carbocycles. The van der Waals surface area contributed by atoms with E-state index in [4.69, 9.17) is 0 Å². The lowest BCUT2D eigenvalue weighted by Crippen LogP contribution is -2.30. The summed E-state index contributed by atoms with van der Waals surface area (Å²) in [6.07, 6.45) is 4.86. The second kappa shape index (κ2) is 8.49. The third kappa shape index (κ3) is 5.98. The Morgan fingerprint density at radius 1 is 1.65 bits per heavy atom. The van der Waals surface area contributed by atoms with Crippen LogP contribution in [0, 0.1) is 0 Å². The second-order valence-corrected chi connectivity index (χ2v) is 6.04. The number of halogens is 1. The van der Waals surface area contributed by atoms with Crippen molar-refractivity contribution in [2.24, 2.45) is 0 Å². The van der Waals surface area contributed by atoms with Crippen molar-refractivity contribution in [2.75, 3.05) is 5.32 Å². The summed E-state index contributed by atoms with van der Waals surface area (Å²) in [5.74, 6) is 0. The summed E-state index contributed by atoms with van der Waals surface area (Å²) in [6, 6.07) is 2.59. The molecular weight excluding hydrogens is 301 g/mol. The van der Waals surface area contributed by atoms with Crippen LogP contribution in [0.15, 0.2) is 46.6 Å². The van der Waals surface area contributed by atoms with E-state index in [1.165, 1.54) is 12.3 Å². The molecule has 1 aromatic rings. The van der Waals surface area contributed by atoms with Crippen LogP contribution in [0.2, 0.25) is 0 Å². The summed E-state index contributed by atoms with van der Waals surface area (Å²) in [6.45, 7) is 5.24. The number of aromatic nitrogens is 1. The summed E-state index contributed by atoms with van der Waals surface area (Å²) < 4.78 is 27.0. The topological polar surface area (TPSA) is 71.1 Å². The molecule has 0 fully saturated rings. The minimum Gasteiger partial charge on any atom is -0.306 e. The fraction of sp³-hybridized carbons (Fsp3) is 0.167. The summed E-state index contributed by atoms with van der Waals surface area (Å²) in [5.41, 5.74) is 0.456. The van der Waals surface area contributed by atoms with E-state index >= 15 is 0 Å². The number of hydrogen-bond acceptors (Lipinski definition) is 4. The molecule has 1 atom stereocenters. The first kappa shape index (κ1) is 16.4. The van der Waals surface area contributed by atoms with Crippen LogP contribution in [-0.2, 0) is 11.0 Å². The largest absolute Gasteiger partial charge is 0.331 e. The van der Waals surface area contributed by atoms with Gasteiger partial charge in [0.05, 0.1) is 16.1 Å². The summed E-state index contributed by atoms with van der Waals surface area (Å²) in [7, 11) is -1.89. The zero-order valence-corrected chi connectivity index (χ0v) is 12.4. The molecule has 2 amide bonds. The molecule has 8 heteroatoms. The predicted octanol–water partition coefficient (Wildman–Crippen LogP) is 3.29. The van der Waals surface area contributed by atoms with Crippen molar-refractivity contribution in [1.82, 2.24) is 9.71 Å². The number of nitrogens with one attached hydrogen (secondary N) is 2. The van der Waals surface area contributed by atoms with Crippen LogP contribution in [0.4, 0.5) is 14.9 Å². The molecule has 0 aliphatic rings. The van der Waals surface area contributed by atoms with Gasteiger partial charge in [-0.25, -0.2) is 9.00 Å². The number of hydrogen-bond donors (Lipinski definition) is 2. The van der Waals surface area contributed by atoms with E-state index in [0.717, 1.165) is 0 Å². The highest BCUT2D eigenvalue weighted by atomic mass is 32.2. The lowest BCUT2D eigenvalue weighted by molar-refractivity contribution is 0.257. The van der Waals surface area contributed by atoms with Crippen molar-refractivity contribution in [3.8, 4) is 0 Å². The standard InChI is InChI=1S/C12H14FN3O2S2/c1-3-5-11(13)19-9(2)20(18)16-12(17)15-10-6-4-7-14-8-10/h4-8H,2-3H2,1H3,(H2,15,16,17)/b11-5-. The molecule has 1 heterocycles. The number of pyridine rings is 1. The zero-order valence-electron chi connectivity index (χ0n) is 10.8. The molecular formula is C12H14FN3O2S2. The first-order valence-corrected chi connectivity index (χ1v) is 7.61. The van der Waals surface area contributed by atoms with Crippen molar-refractivity contribution in [3.63, 3.8) is 0 Å². The maximum absolute atomic E-state index is 13.2. The van der Waals surface area contributed by atoms with Gasteiger partial charge < -0.3 is 5.32 Å². The summed E-state index contributed by atoms with van der Waals surface area (Å²) >= 11 is 0.626. The van der Waals surface area contributed by atoms with E-state index in [1.807, 2.05) is 0 Å². The van der Waals surface area contributed by atoms with Gasteiger partial charge in [0.1, 0.15) is 0 Å². The van der Waals surface area contributed by atoms with Gasteiger partial charge in [-0.1, -0.05) is 13.5 Å². The Kier molecular flexibility index (Phi) is 6.96. The number of carbonyl (C=O) groups excluding carboxylic acids is 1. The van der Waals surface area contributed by atoms with Gasteiger partial charge in [-0.2, -0.15) is 4.39 Å². The molecule has 0 bridgehead atoms. The van der Waals surface area contributed by atoms with Crippen molar-refractivity contribution in [3.05, 3.63) is 46.6 Å². The zero-order chi connectivity index (χ0) is 15.0. The van der Waals surface area contributed by atoms with Crippen molar-refractivity contribution in [2.45, 2.75) is 13.3 Å². The number of rotatable bonds is 6. The fourth-order valence-corrected chi connectivity index (χ4v) is 2.55. The predicted molar refractivity (Wildman–Crippen MR) is 80.7 cm³/mol. The van der Waals surface area contributed by atoms with E-state index in [-0.39, 0.29) is 4.24 Å². The van der Waals surface area contributed by atoms with Crippen molar-refractivity contribution >= 4 is 34.5 Å². The quantitative estimate of drug-likeness (QED) is 0.845. The van der Waals surface area contributed by atoms with E-state index in [9.17, 15) is 13.4 Å². The highest BCUT2D eigenvalue weighted by Gasteiger charge is 2.12. The Morgan fingerprint density at radius 2 is 2.40 bits per heavy atom. The molecule has 0 saturated carbocycles. The number of nitrogens with zero attached hydrogens (tertiary/aromatic N) is 1. The molecule has 2 N–H and O–H groups in total. The number of amides is 2. The average molecular weight is 315 g/mol. The Labute approximate surface area is 123 Å². The lowest BCUT2D eigenvalue weighted by Gasteiger charge is -2.07. The molecule has 1 unspecified atom stereocenters. The number of carbonyl (C=O) groups is 1. The third-order valence-corrected chi connectivity index (χ3v) is 3.97. The third-order valence-electron chi connectivity index (χ3n) is 1.89. The molecule has 5 nitrogen and oxygen atoms in total. The van der Waals surface area contributed by atoms with E-state index in [2.05, 4.69) is 21.6 Å². The molecule has 108 valence electrons. The van der Waals surface area contributed by atoms with Crippen LogP contribution in [0.3, 0.4) is 0 Å². The number of urea groups is 1. The van der Waals surface area contributed by atoms with Crippen LogP contribution in [0.5, 0.6) is 0 Å². The van der Waals surface area contributed by atoms with Crippen LogP contribution < -0.4 is 10.0 Å². The first-order valence-electron chi connectivity index (χ1n) is 5.64. The molecule has 0 saturated heterocycles. The second-order valence-electron chi connectivity index (χ2n) is 3.46. The minimum absolute atomic E-state index is 0.00790. The average Bonchev–Trinajstić information content (AvgIpc) is 2.39. The van der Waals surface area contributed by atoms with Gasteiger partial charge in [-0.15, -0.1) is 0 Å². The summed E-state index contributed by atoms with van der Waals surface area (Å²) in [5, 5.41) is 1.94. The van der Waals surface area contributed by atoms with Gasteiger partial charge in [0.25, 0.3) is 0 Å². The highest BCUT2D eigenvalue weighted by Crippen LogP contribution is 2.26. The highest BCUT2D eigenvalue weighted by molar-refractivity contribution is 8.18. The molecule has 1 rings (SSSR count). The Bertz CT molecular complexity index is 535. The van der Waals surface area contributed by atoms with Gasteiger partial charge >= 0.3 is 6.03 Å². The Morgan fingerprint density at radius 3 is 3.00 bits per heavy atom. The maximum Gasteiger partial charge on any atom is 0.331 e. The first-order chi connectivity index (χ1) is 9.52. The van der Waals surface area contributed by atoms with E-state index in [0.29, 0.717) is 23.9 Å². The minimum atomic E-state index is -1.89. The summed E-state index contributed by atoms with van der Waals surface area (Å²) in [4.78, 5) is 15.4. The van der Waals surface area contributed by atoms with Crippen LogP contribution >= 0.6 is 11.8 Å². The normalized spacial score (nSPS) is 12.6. The lowest BCUT2D eigenvalue weighted by atomic mass is 10.4. The number of thioether (sulfide) groups is 1. The van der Waals surface area contributed by atoms with Crippen LogP contribution in [-0.4, -0.2) is 15.2 Å². The van der Waals surface area contributed by atoms with Crippen LogP contribution in [0.1, 0.15) is 13.3 Å². The molecule has 0 radical (unpaired) electrons. The van der Waals surface area contributed by atoms with E-state index < -0.39 is 22.2 Å². The number of anilines is 1. The fourth-order valence-electron chi connectivity index (χ4n) is 1.08. The molecule has 0 spiro atoms.